The molecule has 1 fully saturated rings. The highest BCUT2D eigenvalue weighted by atomic mass is 32.2. The normalized spacial score (nSPS) is 19.9. The fourth-order valence-electron chi connectivity index (χ4n) is 1.60. The van der Waals surface area contributed by atoms with E-state index in [0.717, 1.165) is 17.3 Å². The molecule has 0 unspecified atom stereocenters. The van der Waals surface area contributed by atoms with Gasteiger partial charge in [-0.05, 0) is 35.5 Å². The average Bonchev–Trinajstić information content (AvgIpc) is 2.85. The lowest BCUT2D eigenvalue weighted by Crippen LogP contribution is -2.18. The van der Waals surface area contributed by atoms with Gasteiger partial charge in [-0.25, -0.2) is 0 Å². The van der Waals surface area contributed by atoms with Crippen molar-refractivity contribution in [3.63, 3.8) is 0 Å². The highest BCUT2D eigenvalue weighted by Crippen LogP contribution is 2.34. The van der Waals surface area contributed by atoms with Gasteiger partial charge in [-0.15, -0.1) is 0 Å². The minimum Gasteiger partial charge on any atom is -0.454 e. The molecule has 1 aromatic carbocycles. The molecule has 0 radical (unpaired) electrons. The van der Waals surface area contributed by atoms with E-state index >= 15 is 0 Å². The quantitative estimate of drug-likeness (QED) is 0.740. The highest BCUT2D eigenvalue weighted by molar-refractivity contribution is 8.18. The Hall–Kier alpha value is -1.95. The second-order valence-corrected chi connectivity index (χ2v) is 4.56. The molecule has 0 aliphatic carbocycles. The van der Waals surface area contributed by atoms with Crippen molar-refractivity contribution >= 4 is 28.9 Å². The van der Waals surface area contributed by atoms with Gasteiger partial charge in [-0.2, -0.15) is 0 Å². The Morgan fingerprint density at radius 2 is 2.18 bits per heavy atom. The Kier molecular flexibility index (Phi) is 2.29. The first-order valence-electron chi connectivity index (χ1n) is 4.91. The van der Waals surface area contributed by atoms with Crippen molar-refractivity contribution in [2.45, 2.75) is 0 Å². The maximum absolute atomic E-state index is 11.4. The smallest absolute Gasteiger partial charge is 0.264 e. The van der Waals surface area contributed by atoms with Gasteiger partial charge < -0.3 is 14.8 Å². The summed E-state index contributed by atoms with van der Waals surface area (Å²) in [6, 6.07) is 5.46. The van der Waals surface area contributed by atoms with E-state index in [4.69, 9.17) is 14.9 Å². The summed E-state index contributed by atoms with van der Waals surface area (Å²) in [5, 5.41) is 9.92. The van der Waals surface area contributed by atoms with E-state index in [1.165, 1.54) is 0 Å². The lowest BCUT2D eigenvalue weighted by Gasteiger charge is -1.98. The molecule has 2 heterocycles. The van der Waals surface area contributed by atoms with Crippen LogP contribution < -0.4 is 14.8 Å². The summed E-state index contributed by atoms with van der Waals surface area (Å²) in [5.41, 5.74) is 0.849. The van der Waals surface area contributed by atoms with Gasteiger partial charge in [0, 0.05) is 0 Å². The zero-order valence-electron chi connectivity index (χ0n) is 8.65. The van der Waals surface area contributed by atoms with Gasteiger partial charge in [-0.1, -0.05) is 6.07 Å². The minimum absolute atomic E-state index is 0.155. The molecule has 0 bridgehead atoms. The molecule has 1 aromatic rings. The number of hydrogen-bond acceptors (Lipinski definition) is 5. The number of nitrogens with one attached hydrogen (secondary N) is 2. The van der Waals surface area contributed by atoms with Crippen molar-refractivity contribution in [1.29, 1.82) is 5.41 Å². The second-order valence-electron chi connectivity index (χ2n) is 3.51. The summed E-state index contributed by atoms with van der Waals surface area (Å²) in [5.74, 6) is 1.15. The van der Waals surface area contributed by atoms with Crippen LogP contribution in [-0.4, -0.2) is 17.9 Å². The number of carbonyl (C=O) groups excluding carboxylic acids is 1. The number of carbonyl (C=O) groups is 1. The van der Waals surface area contributed by atoms with Crippen molar-refractivity contribution in [2.24, 2.45) is 0 Å². The van der Waals surface area contributed by atoms with Crippen molar-refractivity contribution in [3.8, 4) is 11.5 Å². The number of amides is 1. The van der Waals surface area contributed by atoms with Crippen molar-refractivity contribution in [1.82, 2.24) is 5.32 Å². The molecule has 2 aliphatic rings. The molecule has 0 aromatic heterocycles. The van der Waals surface area contributed by atoms with Crippen LogP contribution in [0.1, 0.15) is 5.56 Å². The fourth-order valence-corrected chi connectivity index (χ4v) is 2.30. The Balaban J connectivity index is 1.93. The monoisotopic (exact) mass is 248 g/mol. The highest BCUT2D eigenvalue weighted by Gasteiger charge is 2.22. The predicted octanol–water partition coefficient (Wildman–Crippen LogP) is 1.55. The third kappa shape index (κ3) is 1.87. The van der Waals surface area contributed by atoms with E-state index in [1.54, 1.807) is 12.1 Å². The largest absolute Gasteiger partial charge is 0.454 e. The van der Waals surface area contributed by atoms with Crippen LogP contribution in [0.15, 0.2) is 23.1 Å². The maximum atomic E-state index is 11.4. The SMILES string of the molecule is N=C1NC(=O)C(=Cc2ccc3c(c2)OCO3)S1. The first-order chi connectivity index (χ1) is 8.22. The van der Waals surface area contributed by atoms with Crippen LogP contribution in [-0.2, 0) is 4.79 Å². The van der Waals surface area contributed by atoms with E-state index in [2.05, 4.69) is 5.32 Å². The van der Waals surface area contributed by atoms with E-state index in [0.29, 0.717) is 16.4 Å². The van der Waals surface area contributed by atoms with Gasteiger partial charge in [0.2, 0.25) is 6.79 Å². The minimum atomic E-state index is -0.238. The van der Waals surface area contributed by atoms with Crippen LogP contribution in [0.3, 0.4) is 0 Å². The Bertz CT molecular complexity index is 554. The zero-order valence-corrected chi connectivity index (χ0v) is 9.47. The molecule has 0 atom stereocenters. The van der Waals surface area contributed by atoms with Gasteiger partial charge in [0.15, 0.2) is 16.7 Å². The number of thioether (sulfide) groups is 1. The molecule has 2 aliphatic heterocycles. The molecule has 0 saturated carbocycles. The molecule has 2 N–H and O–H groups in total. The Morgan fingerprint density at radius 1 is 1.35 bits per heavy atom. The third-order valence-corrected chi connectivity index (χ3v) is 3.19. The van der Waals surface area contributed by atoms with Crippen LogP contribution in [0.2, 0.25) is 0 Å². The van der Waals surface area contributed by atoms with Gasteiger partial charge >= 0.3 is 0 Å². The van der Waals surface area contributed by atoms with E-state index in [9.17, 15) is 4.79 Å². The summed E-state index contributed by atoms with van der Waals surface area (Å²) in [7, 11) is 0. The number of hydrogen-bond donors (Lipinski definition) is 2. The van der Waals surface area contributed by atoms with E-state index in [1.807, 2.05) is 12.1 Å². The lowest BCUT2D eigenvalue weighted by atomic mass is 10.2. The number of ether oxygens (including phenoxy) is 2. The Labute approximate surface area is 101 Å². The van der Waals surface area contributed by atoms with Crippen LogP contribution in [0.5, 0.6) is 11.5 Å². The Morgan fingerprint density at radius 3 is 2.94 bits per heavy atom. The molecule has 3 rings (SSSR count). The molecular weight excluding hydrogens is 240 g/mol. The summed E-state index contributed by atoms with van der Waals surface area (Å²) in [4.78, 5) is 11.9. The molecule has 1 saturated heterocycles. The summed E-state index contributed by atoms with van der Waals surface area (Å²) in [6.45, 7) is 0.231. The van der Waals surface area contributed by atoms with Crippen molar-refractivity contribution < 1.29 is 14.3 Å². The van der Waals surface area contributed by atoms with Crippen LogP contribution in [0.25, 0.3) is 6.08 Å². The number of rotatable bonds is 1. The zero-order chi connectivity index (χ0) is 11.8. The van der Waals surface area contributed by atoms with Gasteiger partial charge in [-0.3, -0.25) is 10.2 Å². The third-order valence-electron chi connectivity index (χ3n) is 2.36. The summed E-state index contributed by atoms with van der Waals surface area (Å²) in [6.07, 6.45) is 1.73. The first kappa shape index (κ1) is 10.2. The lowest BCUT2D eigenvalue weighted by molar-refractivity contribution is -0.115. The topological polar surface area (TPSA) is 71.4 Å². The average molecular weight is 248 g/mol. The molecule has 1 amide bonds. The number of benzene rings is 1. The maximum Gasteiger partial charge on any atom is 0.264 e. The first-order valence-corrected chi connectivity index (χ1v) is 5.73. The number of fused-ring (bicyclic) bond motifs is 1. The second kappa shape index (κ2) is 3.81. The molecule has 6 heteroatoms. The number of amidine groups is 1. The van der Waals surface area contributed by atoms with Crippen LogP contribution in [0.4, 0.5) is 0 Å². The molecule has 17 heavy (non-hydrogen) atoms. The molecule has 5 nitrogen and oxygen atoms in total. The predicted molar refractivity (Wildman–Crippen MR) is 64.0 cm³/mol. The standard InChI is InChI=1S/C11H8N2O3S/c12-11-13-10(14)9(17-11)4-6-1-2-7-8(3-6)16-5-15-7/h1-4H,5H2,(H2,12,13,14). The van der Waals surface area contributed by atoms with Crippen molar-refractivity contribution in [3.05, 3.63) is 28.7 Å². The van der Waals surface area contributed by atoms with Gasteiger partial charge in [0.1, 0.15) is 0 Å². The molecule has 0 spiro atoms. The van der Waals surface area contributed by atoms with Crippen LogP contribution >= 0.6 is 11.8 Å². The van der Waals surface area contributed by atoms with Crippen LogP contribution in [0, 0.1) is 5.41 Å². The fraction of sp³-hybridized carbons (Fsp3) is 0.0909. The van der Waals surface area contributed by atoms with Gasteiger partial charge in [0.05, 0.1) is 4.91 Å². The van der Waals surface area contributed by atoms with E-state index < -0.39 is 0 Å². The van der Waals surface area contributed by atoms with E-state index in [-0.39, 0.29) is 17.9 Å². The summed E-state index contributed by atoms with van der Waals surface area (Å²) >= 11 is 1.11. The summed E-state index contributed by atoms with van der Waals surface area (Å²) < 4.78 is 10.5. The van der Waals surface area contributed by atoms with Gasteiger partial charge in [0.25, 0.3) is 5.91 Å². The molecule has 86 valence electrons. The molecular formula is C11H8N2O3S. The van der Waals surface area contributed by atoms with Crippen molar-refractivity contribution in [2.75, 3.05) is 6.79 Å².